The van der Waals surface area contributed by atoms with Gasteiger partial charge in [-0.2, -0.15) is 0 Å². The molecule has 37 heteroatoms. The SMILES string of the molecule is CCCCCCCCOC(=O)CN[C@@]1(C)C[C@H](O[C@H]2[C@H](Oc3c4cc5cc3Oc3ccc(cc3Cl)[C@@H](O)[C@@H](NC(=O)[C@@H](CC(C)C)NC)C(=O)N[C@@H](CC(N)=O)C(=O)N[C@H]5C(=O)N[C@H]3C(=O)N[C@H](C(=O)N[C@H](C(=O)O)c5cc(O)cc(O)c5-c5cc3ccc5O)[C@H](O)c3ccc(c(Cl)c3)O4)O[C@H](CN)[C@@H](O)[C@@H]2O)O[C@@H](C)[C@H]1O. The maximum absolute atomic E-state index is 16.2. The van der Waals surface area contributed by atoms with Crippen LogP contribution in [0.3, 0.4) is 0 Å². The van der Waals surface area contributed by atoms with Crippen LogP contribution in [0.5, 0.6) is 46.0 Å². The molecule has 0 spiro atoms. The van der Waals surface area contributed by atoms with Crippen molar-refractivity contribution >= 4 is 76.5 Å². The Morgan fingerprint density at radius 2 is 1.32 bits per heavy atom. The fourth-order valence-corrected chi connectivity index (χ4v) is 14.5. The van der Waals surface area contributed by atoms with Crippen LogP contribution in [0.15, 0.2) is 78.9 Å². The van der Waals surface area contributed by atoms with E-state index < -0.39 is 243 Å². The lowest BCUT2D eigenvalue weighted by atomic mass is 9.85. The number of benzene rings is 5. The molecule has 7 heterocycles. The number of primary amides is 1. The summed E-state index contributed by atoms with van der Waals surface area (Å²) in [5.74, 6) is -16.6. The Kier molecular flexibility index (Phi) is 28.1. The number of aliphatic hydroxyl groups is 5. The number of amides is 7. The summed E-state index contributed by atoms with van der Waals surface area (Å²) in [6.07, 6.45) is -12.9. The van der Waals surface area contributed by atoms with Crippen LogP contribution in [0.1, 0.15) is 151 Å². The molecule has 0 aromatic heterocycles. The van der Waals surface area contributed by atoms with Crippen LogP contribution in [0.25, 0.3) is 11.1 Å². The van der Waals surface area contributed by atoms with E-state index in [0.29, 0.717) is 6.42 Å². The highest BCUT2D eigenvalue weighted by atomic mass is 35.5. The summed E-state index contributed by atoms with van der Waals surface area (Å²) < 4.78 is 44.9. The highest BCUT2D eigenvalue weighted by molar-refractivity contribution is 6.32. The molecule has 5 aromatic rings. The molecule has 7 aliphatic heterocycles. The number of carbonyl (C=O) groups excluding carboxylic acids is 8. The van der Waals surface area contributed by atoms with Gasteiger partial charge in [-0.15, -0.1) is 0 Å². The number of likely N-dealkylation sites (N-methyl/N-ethyl adjacent to an activating group) is 1. The third kappa shape index (κ3) is 19.9. The lowest BCUT2D eigenvalue weighted by molar-refractivity contribution is -0.331. The molecule has 7 aliphatic rings. The number of aromatic hydroxyl groups is 3. The molecule has 21 N–H and O–H groups in total. The van der Waals surface area contributed by atoms with Crippen LogP contribution in [-0.4, -0.2) is 205 Å². The number of ether oxygens (including phenoxy) is 7. The number of halogens is 2. The number of nitrogens with one attached hydrogen (secondary N) is 8. The fourth-order valence-electron chi connectivity index (χ4n) is 14.1. The van der Waals surface area contributed by atoms with Gasteiger partial charge in [-0.3, -0.25) is 43.7 Å². The normalized spacial score (nSPS) is 27.5. The number of carbonyl (C=O) groups is 9. The Hall–Kier alpha value is -9.73. The highest BCUT2D eigenvalue weighted by Gasteiger charge is 2.52. The monoisotopic (exact) mass is 1620 g/mol. The topological polar surface area (TPSA) is 549 Å². The minimum Gasteiger partial charge on any atom is -0.508 e. The Bertz CT molecular complexity index is 4390. The molecular weight excluding hydrogens is 1520 g/mol. The van der Waals surface area contributed by atoms with Crippen molar-refractivity contribution in [3.05, 3.63) is 117 Å². The molecule has 0 unspecified atom stereocenters. The van der Waals surface area contributed by atoms with Gasteiger partial charge in [0.25, 0.3) is 0 Å². The zero-order valence-electron chi connectivity index (χ0n) is 62.4. The summed E-state index contributed by atoms with van der Waals surface area (Å²) in [7, 11) is 1.48. The summed E-state index contributed by atoms with van der Waals surface area (Å²) in [5.41, 5.74) is 7.74. The number of aliphatic carboxylic acids is 1. The first-order valence-electron chi connectivity index (χ1n) is 36.8. The molecule has 12 rings (SSSR count). The molecule has 612 valence electrons. The second kappa shape index (κ2) is 37.0. The molecule has 18 atom stereocenters. The van der Waals surface area contributed by atoms with Gasteiger partial charge < -0.3 is 128 Å². The van der Waals surface area contributed by atoms with E-state index in [4.69, 9.17) is 67.8 Å². The van der Waals surface area contributed by atoms with Crippen molar-refractivity contribution in [2.75, 3.05) is 26.7 Å². The Morgan fingerprint density at radius 3 is 1.94 bits per heavy atom. The van der Waals surface area contributed by atoms with Crippen LogP contribution >= 0.6 is 23.2 Å². The van der Waals surface area contributed by atoms with Gasteiger partial charge in [0, 0.05) is 41.3 Å². The number of phenols is 3. The van der Waals surface area contributed by atoms with Crippen molar-refractivity contribution in [2.24, 2.45) is 17.4 Å². The molecule has 5 aromatic carbocycles. The van der Waals surface area contributed by atoms with Gasteiger partial charge in [-0.25, -0.2) is 4.79 Å². The number of hydrogen-bond acceptors (Lipinski definition) is 27. The molecule has 2 fully saturated rings. The fraction of sp³-hybridized carbons (Fsp3) is 0.487. The van der Waals surface area contributed by atoms with E-state index in [1.807, 2.05) is 13.8 Å². The van der Waals surface area contributed by atoms with Crippen molar-refractivity contribution in [2.45, 2.75) is 202 Å². The number of aliphatic hydroxyl groups excluding tert-OH is 5. The lowest BCUT2D eigenvalue weighted by Gasteiger charge is -2.48. The molecule has 2 saturated heterocycles. The third-order valence-electron chi connectivity index (χ3n) is 20.2. The van der Waals surface area contributed by atoms with E-state index in [0.717, 1.165) is 98.8 Å². The number of unbranched alkanes of at least 4 members (excludes halogenated alkanes) is 5. The van der Waals surface area contributed by atoms with Crippen molar-refractivity contribution in [3.63, 3.8) is 0 Å². The number of carboxylic acids is 1. The summed E-state index contributed by atoms with van der Waals surface area (Å²) in [4.78, 5) is 131. The third-order valence-corrected chi connectivity index (χ3v) is 20.8. The average Bonchev–Trinajstić information content (AvgIpc) is 0.766. The maximum atomic E-state index is 16.2. The number of rotatable bonds is 23. The molecule has 0 aliphatic carbocycles. The molecule has 0 radical (unpaired) electrons. The number of esters is 1. The predicted octanol–water partition coefficient (Wildman–Crippen LogP) is 2.61. The summed E-state index contributed by atoms with van der Waals surface area (Å²) in [5, 5.41) is 125. The quantitative estimate of drug-likeness (QED) is 0.0330. The molecule has 7 amide bonds. The molecule has 113 heavy (non-hydrogen) atoms. The first kappa shape index (κ1) is 85.7. The van der Waals surface area contributed by atoms with Crippen molar-refractivity contribution in [1.29, 1.82) is 0 Å². The molecular formula is C76H94Cl2N10O25. The van der Waals surface area contributed by atoms with E-state index in [1.165, 1.54) is 26.1 Å². The second-order valence-electron chi connectivity index (χ2n) is 29.0. The second-order valence-corrected chi connectivity index (χ2v) is 29.8. The number of carboxylic acid groups (broad SMARTS) is 1. The van der Waals surface area contributed by atoms with Crippen molar-refractivity contribution in [1.82, 2.24) is 42.5 Å². The maximum Gasteiger partial charge on any atom is 0.330 e. The Balaban J connectivity index is 1.18. The lowest BCUT2D eigenvalue weighted by Crippen LogP contribution is -2.66. The summed E-state index contributed by atoms with van der Waals surface area (Å²) >= 11 is 14.3. The van der Waals surface area contributed by atoms with E-state index in [1.54, 1.807) is 6.92 Å². The summed E-state index contributed by atoms with van der Waals surface area (Å²) in [6, 6.07) is -0.614. The Labute approximate surface area is 657 Å². The average molecular weight is 1620 g/mol. The van der Waals surface area contributed by atoms with E-state index in [9.17, 15) is 74.7 Å². The van der Waals surface area contributed by atoms with Gasteiger partial charge in [0.1, 0.15) is 89.5 Å². The van der Waals surface area contributed by atoms with Gasteiger partial charge in [-0.05, 0) is 117 Å². The number of fused-ring (bicyclic) bond motifs is 15. The number of hydrogen-bond donors (Lipinski definition) is 19. The van der Waals surface area contributed by atoms with Gasteiger partial charge in [0.05, 0.1) is 47.9 Å². The number of nitrogens with two attached hydrogens (primary N) is 2. The van der Waals surface area contributed by atoms with Gasteiger partial charge in [0.2, 0.25) is 53.4 Å². The minimum absolute atomic E-state index is 0.105. The van der Waals surface area contributed by atoms with Crippen LogP contribution in [0, 0.1) is 5.92 Å². The first-order valence-corrected chi connectivity index (χ1v) is 37.5. The van der Waals surface area contributed by atoms with Crippen LogP contribution in [-0.2, 0) is 62.1 Å². The minimum atomic E-state index is -2.36. The van der Waals surface area contributed by atoms with Crippen LogP contribution in [0.2, 0.25) is 10.0 Å². The predicted molar refractivity (Wildman–Crippen MR) is 399 cm³/mol. The van der Waals surface area contributed by atoms with Gasteiger partial charge >= 0.3 is 11.9 Å². The zero-order chi connectivity index (χ0) is 82.2. The van der Waals surface area contributed by atoms with Crippen LogP contribution in [0.4, 0.5) is 0 Å². The first-order chi connectivity index (χ1) is 53.6. The van der Waals surface area contributed by atoms with Gasteiger partial charge in [0.15, 0.2) is 29.9 Å². The largest absolute Gasteiger partial charge is 0.508 e. The molecule has 35 nitrogen and oxygen atoms in total. The van der Waals surface area contributed by atoms with Crippen molar-refractivity contribution in [3.8, 4) is 57.1 Å². The molecule has 11 bridgehead atoms. The molecule has 0 saturated carbocycles. The van der Waals surface area contributed by atoms with E-state index >= 15 is 14.4 Å². The highest BCUT2D eigenvalue weighted by Crippen LogP contribution is 2.50. The smallest absolute Gasteiger partial charge is 0.330 e. The van der Waals surface area contributed by atoms with E-state index in [2.05, 4.69) is 49.5 Å². The number of phenolic OH excluding ortho intramolecular Hbond substituents is 3. The van der Waals surface area contributed by atoms with E-state index in [-0.39, 0.29) is 59.4 Å². The zero-order valence-corrected chi connectivity index (χ0v) is 63.9. The standard InChI is InChI=1S/C76H94Cl2N10O25/c1-7-8-9-10-11-12-19-107-53(93)31-82-76(5)29-54(108-33(4)67(76)98)112-66-64(97)63(96)51(30-79)111-75(66)113-65-49-24-37-25-50(65)110-48-18-15-36(23-42(48)78)62(95)60-73(104)86-58(74(105)106)40-26-38(89)27-46(91)55(40)39-21-34(13-16-45(39)90)56(70(101)88-60)85-71(102)57(37)84-69(100)44(28-52(80)92)83-72(103)59(87-68(99)43(81-6)20-32(2)3)61(94)35-14-17-47(109-49)41(77)22-35/h13-18,21-27,32-33,43-44,51,54,56-64,66-67,75,81-82,89-91,94-98H,7-12,19-20,28-31,79H2,1-6H3,(H2,80,92)(H,83,103)(H,84,100)(H,85,102)(H,86,104)(H,87,99)(H,88,101)(H,105,106)/t33-,43+,44-,51+,54-,56+,57+,58-,59+,60-,61+,62+,63+,64-,66+,67+,75-,76-/m0/s1. The van der Waals surface area contributed by atoms with Crippen LogP contribution < -0.4 is 68.2 Å². The summed E-state index contributed by atoms with van der Waals surface area (Å²) in [6.45, 7) is 8.14. The van der Waals surface area contributed by atoms with Crippen molar-refractivity contribution < 1.29 is 122 Å². The van der Waals surface area contributed by atoms with Gasteiger partial charge in [-0.1, -0.05) is 94.3 Å². The Morgan fingerprint density at radius 1 is 0.699 bits per heavy atom.